The summed E-state index contributed by atoms with van der Waals surface area (Å²) in [5, 5.41) is 18.6. The molecule has 1 aromatic carbocycles. The van der Waals surface area contributed by atoms with Crippen molar-refractivity contribution in [3.63, 3.8) is 0 Å². The zero-order chi connectivity index (χ0) is 9.97. The Morgan fingerprint density at radius 3 is 3.00 bits per heavy atom. The van der Waals surface area contributed by atoms with Crippen LogP contribution in [-0.4, -0.2) is 10.1 Å². The third-order valence-electron chi connectivity index (χ3n) is 2.02. The van der Waals surface area contributed by atoms with Gasteiger partial charge in [-0.25, -0.2) is 0 Å². The predicted molar refractivity (Wildman–Crippen MR) is 52.7 cm³/mol. The second kappa shape index (κ2) is 3.35. The summed E-state index contributed by atoms with van der Waals surface area (Å²) < 4.78 is 0. The van der Waals surface area contributed by atoms with Crippen molar-refractivity contribution < 1.29 is 5.11 Å². The van der Waals surface area contributed by atoms with E-state index in [2.05, 4.69) is 11.1 Å². The van der Waals surface area contributed by atoms with E-state index >= 15 is 0 Å². The molecule has 14 heavy (non-hydrogen) atoms. The van der Waals surface area contributed by atoms with Crippen molar-refractivity contribution in [3.05, 3.63) is 36.0 Å². The van der Waals surface area contributed by atoms with Crippen LogP contribution >= 0.6 is 0 Å². The average molecular weight is 184 g/mol. The second-order valence-corrected chi connectivity index (χ2v) is 3.06. The number of fused-ring (bicyclic) bond motifs is 1. The van der Waals surface area contributed by atoms with E-state index in [9.17, 15) is 5.11 Å². The Morgan fingerprint density at radius 2 is 2.21 bits per heavy atom. The van der Waals surface area contributed by atoms with E-state index in [4.69, 9.17) is 5.26 Å². The predicted octanol–water partition coefficient (Wildman–Crippen LogP) is 2.01. The van der Waals surface area contributed by atoms with E-state index in [1.165, 1.54) is 6.20 Å². The molecule has 0 aliphatic carbocycles. The summed E-state index contributed by atoms with van der Waals surface area (Å²) in [5.41, 5.74) is 1.74. The van der Waals surface area contributed by atoms with Crippen LogP contribution in [0.25, 0.3) is 10.9 Å². The summed E-state index contributed by atoms with van der Waals surface area (Å²) >= 11 is 0. The van der Waals surface area contributed by atoms with Crippen LogP contribution in [0.1, 0.15) is 5.56 Å². The molecule has 2 rings (SSSR count). The van der Waals surface area contributed by atoms with Crippen molar-refractivity contribution in [2.24, 2.45) is 0 Å². The Labute approximate surface area is 81.2 Å². The van der Waals surface area contributed by atoms with Gasteiger partial charge in [0.2, 0.25) is 0 Å². The smallest absolute Gasteiger partial charge is 0.134 e. The Bertz CT molecular complexity index is 514. The van der Waals surface area contributed by atoms with Gasteiger partial charge < -0.3 is 5.11 Å². The lowest BCUT2D eigenvalue weighted by molar-refractivity contribution is 0.474. The van der Waals surface area contributed by atoms with Crippen molar-refractivity contribution in [3.8, 4) is 11.8 Å². The summed E-state index contributed by atoms with van der Waals surface area (Å²) in [5.74, 6) is 0.158. The Kier molecular flexibility index (Phi) is 2.04. The molecule has 68 valence electrons. The van der Waals surface area contributed by atoms with Crippen LogP contribution in [0.15, 0.2) is 30.5 Å². The van der Waals surface area contributed by atoms with Gasteiger partial charge in [0.1, 0.15) is 5.75 Å². The Morgan fingerprint density at radius 1 is 1.36 bits per heavy atom. The monoisotopic (exact) mass is 184 g/mol. The molecule has 3 nitrogen and oxygen atoms in total. The number of hydrogen-bond acceptors (Lipinski definition) is 3. The van der Waals surface area contributed by atoms with Gasteiger partial charge in [0.25, 0.3) is 0 Å². The molecule has 0 unspecified atom stereocenters. The minimum absolute atomic E-state index is 0.158. The number of benzene rings is 1. The minimum Gasteiger partial charge on any atom is -0.506 e. The molecule has 3 heteroatoms. The molecule has 0 saturated heterocycles. The highest BCUT2D eigenvalue weighted by atomic mass is 16.3. The van der Waals surface area contributed by atoms with E-state index in [0.717, 1.165) is 16.5 Å². The van der Waals surface area contributed by atoms with Gasteiger partial charge in [0.15, 0.2) is 0 Å². The average Bonchev–Trinajstić information content (AvgIpc) is 2.19. The van der Waals surface area contributed by atoms with Gasteiger partial charge in [-0.05, 0) is 17.7 Å². The summed E-state index contributed by atoms with van der Waals surface area (Å²) in [6.07, 6.45) is 1.79. The SMILES string of the molecule is N#CCc1ccc2cc(O)cnc2c1. The molecule has 1 aromatic heterocycles. The molecule has 1 N–H and O–H groups in total. The van der Waals surface area contributed by atoms with Crippen molar-refractivity contribution >= 4 is 10.9 Å². The first-order chi connectivity index (χ1) is 6.79. The van der Waals surface area contributed by atoms with Crippen molar-refractivity contribution in [2.45, 2.75) is 6.42 Å². The fraction of sp³-hybridized carbons (Fsp3) is 0.0909. The largest absolute Gasteiger partial charge is 0.506 e. The molecule has 0 fully saturated rings. The molecule has 0 bridgehead atoms. The minimum atomic E-state index is 0.158. The molecule has 0 amide bonds. The lowest BCUT2D eigenvalue weighted by Crippen LogP contribution is -1.83. The van der Waals surface area contributed by atoms with Crippen LogP contribution in [0.4, 0.5) is 0 Å². The molecule has 0 aliphatic heterocycles. The highest BCUT2D eigenvalue weighted by Gasteiger charge is 1.98. The van der Waals surface area contributed by atoms with Crippen molar-refractivity contribution in [1.29, 1.82) is 5.26 Å². The van der Waals surface area contributed by atoms with Gasteiger partial charge in [-0.1, -0.05) is 12.1 Å². The highest BCUT2D eigenvalue weighted by Crippen LogP contribution is 2.18. The molecule has 0 atom stereocenters. The third kappa shape index (κ3) is 1.50. The van der Waals surface area contributed by atoms with Gasteiger partial charge in [-0.3, -0.25) is 4.98 Å². The first-order valence-corrected chi connectivity index (χ1v) is 4.24. The number of aromatic hydroxyl groups is 1. The number of nitrogens with zero attached hydrogens (tertiary/aromatic N) is 2. The maximum atomic E-state index is 9.19. The summed E-state index contributed by atoms with van der Waals surface area (Å²) in [6, 6.07) is 9.32. The van der Waals surface area contributed by atoms with Crippen LogP contribution in [0, 0.1) is 11.3 Å². The summed E-state index contributed by atoms with van der Waals surface area (Å²) in [6.45, 7) is 0. The molecule has 0 aliphatic rings. The van der Waals surface area contributed by atoms with Gasteiger partial charge in [-0.15, -0.1) is 0 Å². The highest BCUT2D eigenvalue weighted by molar-refractivity contribution is 5.80. The summed E-state index contributed by atoms with van der Waals surface area (Å²) in [7, 11) is 0. The topological polar surface area (TPSA) is 56.9 Å². The van der Waals surface area contributed by atoms with E-state index in [-0.39, 0.29) is 5.75 Å². The molecule has 0 radical (unpaired) electrons. The molecule has 0 spiro atoms. The Balaban J connectivity index is 2.57. The zero-order valence-electron chi connectivity index (χ0n) is 7.44. The van der Waals surface area contributed by atoms with E-state index in [1.807, 2.05) is 18.2 Å². The van der Waals surface area contributed by atoms with E-state index < -0.39 is 0 Å². The lowest BCUT2D eigenvalue weighted by Gasteiger charge is -1.99. The maximum absolute atomic E-state index is 9.19. The van der Waals surface area contributed by atoms with Gasteiger partial charge in [0.05, 0.1) is 24.2 Å². The van der Waals surface area contributed by atoms with Crippen LogP contribution in [-0.2, 0) is 6.42 Å². The normalized spacial score (nSPS) is 9.93. The standard InChI is InChI=1S/C11H8N2O/c12-4-3-8-1-2-9-6-10(14)7-13-11(9)5-8/h1-2,5-7,14H,3H2. The second-order valence-electron chi connectivity index (χ2n) is 3.06. The molecular formula is C11H8N2O. The van der Waals surface area contributed by atoms with Crippen LogP contribution in [0.5, 0.6) is 5.75 Å². The third-order valence-corrected chi connectivity index (χ3v) is 2.02. The van der Waals surface area contributed by atoms with Gasteiger partial charge in [-0.2, -0.15) is 5.26 Å². The first kappa shape index (κ1) is 8.52. The molecule has 2 aromatic rings. The molecule has 1 heterocycles. The number of pyridine rings is 1. The van der Waals surface area contributed by atoms with Crippen LogP contribution < -0.4 is 0 Å². The van der Waals surface area contributed by atoms with Gasteiger partial charge in [0, 0.05) is 5.39 Å². The number of nitriles is 1. The number of rotatable bonds is 1. The number of hydrogen-bond donors (Lipinski definition) is 1. The fourth-order valence-electron chi connectivity index (χ4n) is 1.36. The van der Waals surface area contributed by atoms with Crippen molar-refractivity contribution in [1.82, 2.24) is 4.98 Å². The zero-order valence-corrected chi connectivity index (χ0v) is 7.44. The number of aromatic nitrogens is 1. The van der Waals surface area contributed by atoms with Crippen molar-refractivity contribution in [2.75, 3.05) is 0 Å². The van der Waals surface area contributed by atoms with E-state index in [1.54, 1.807) is 6.07 Å². The quantitative estimate of drug-likeness (QED) is 0.737. The van der Waals surface area contributed by atoms with E-state index in [0.29, 0.717) is 6.42 Å². The molecular weight excluding hydrogens is 176 g/mol. The van der Waals surface area contributed by atoms with Gasteiger partial charge >= 0.3 is 0 Å². The van der Waals surface area contributed by atoms with Crippen LogP contribution in [0.3, 0.4) is 0 Å². The molecule has 0 saturated carbocycles. The Hall–Kier alpha value is -2.08. The van der Waals surface area contributed by atoms with Crippen LogP contribution in [0.2, 0.25) is 0 Å². The first-order valence-electron chi connectivity index (χ1n) is 4.24. The fourth-order valence-corrected chi connectivity index (χ4v) is 1.36. The summed E-state index contributed by atoms with van der Waals surface area (Å²) in [4.78, 5) is 4.06. The lowest BCUT2D eigenvalue weighted by atomic mass is 10.1. The maximum Gasteiger partial charge on any atom is 0.134 e.